The number of aromatic nitrogens is 1. The van der Waals surface area contributed by atoms with Gasteiger partial charge in [0.1, 0.15) is 18.6 Å². The molecule has 2 heterocycles. The number of hydroxylamine groups is 3. The molecule has 0 bridgehead atoms. The number of esters is 1. The first kappa shape index (κ1) is 23.6. The molecule has 36 heavy (non-hydrogen) atoms. The molecule has 4 aromatic rings. The van der Waals surface area contributed by atoms with E-state index in [4.69, 9.17) is 14.0 Å². The zero-order chi connectivity index (χ0) is 25.1. The number of fused-ring (bicyclic) bond motifs is 1. The predicted molar refractivity (Wildman–Crippen MR) is 135 cm³/mol. The van der Waals surface area contributed by atoms with Crippen molar-refractivity contribution in [1.29, 1.82) is 0 Å². The van der Waals surface area contributed by atoms with E-state index in [0.717, 1.165) is 29.7 Å². The minimum Gasteiger partial charge on any atom is -0.465 e. The monoisotopic (exact) mass is 486 g/mol. The second-order valence-electron chi connectivity index (χ2n) is 8.98. The number of anilines is 2. The number of oxazole rings is 1. The third-order valence-electron chi connectivity index (χ3n) is 6.49. The lowest BCUT2D eigenvalue weighted by Crippen LogP contribution is -2.53. The summed E-state index contributed by atoms with van der Waals surface area (Å²) in [7, 11) is 1.34. The van der Waals surface area contributed by atoms with Gasteiger partial charge in [0.15, 0.2) is 11.3 Å². The number of rotatable bonds is 7. The van der Waals surface area contributed by atoms with Gasteiger partial charge >= 0.3 is 11.9 Å². The Kier molecular flexibility index (Phi) is 6.43. The summed E-state index contributed by atoms with van der Waals surface area (Å²) in [5.74, 6) is 0.0972. The fraction of sp³-hybridized carbons (Fsp3) is 0.250. The van der Waals surface area contributed by atoms with Crippen LogP contribution in [0.5, 0.6) is 5.75 Å². The zero-order valence-electron chi connectivity index (χ0n) is 20.3. The van der Waals surface area contributed by atoms with Crippen molar-refractivity contribution in [3.05, 3.63) is 83.4 Å². The normalized spacial score (nSPS) is 14.5. The third kappa shape index (κ3) is 4.81. The number of aryl methyl sites for hydroxylation is 1. The van der Waals surface area contributed by atoms with E-state index in [1.54, 1.807) is 24.3 Å². The van der Waals surface area contributed by atoms with Gasteiger partial charge in [-0.15, -0.1) is 0 Å². The lowest BCUT2D eigenvalue weighted by Gasteiger charge is -2.28. The molecule has 0 unspecified atom stereocenters. The van der Waals surface area contributed by atoms with Gasteiger partial charge in [0.05, 0.1) is 19.1 Å². The Balaban J connectivity index is 1.32. The van der Waals surface area contributed by atoms with Gasteiger partial charge in [-0.25, -0.2) is 9.59 Å². The van der Waals surface area contributed by atoms with Crippen LogP contribution >= 0.6 is 0 Å². The molecule has 1 amide bonds. The second-order valence-corrected chi connectivity index (χ2v) is 8.98. The van der Waals surface area contributed by atoms with Crippen LogP contribution in [0.4, 0.5) is 11.7 Å². The lowest BCUT2D eigenvalue weighted by atomic mass is 10.1. The summed E-state index contributed by atoms with van der Waals surface area (Å²) in [6.07, 6.45) is 2.01. The maximum Gasteiger partial charge on any atom is 0.359 e. The molecule has 8 heteroatoms. The van der Waals surface area contributed by atoms with Crippen LogP contribution in [0.25, 0.3) is 11.1 Å². The van der Waals surface area contributed by atoms with Gasteiger partial charge in [0.25, 0.3) is 6.01 Å². The topological polar surface area (TPSA) is 90.7 Å². The minimum absolute atomic E-state index is 0.0262. The van der Waals surface area contributed by atoms with E-state index < -0.39 is 5.97 Å². The van der Waals surface area contributed by atoms with Crippen LogP contribution < -0.4 is 10.2 Å². The number of benzene rings is 3. The van der Waals surface area contributed by atoms with Gasteiger partial charge in [-0.2, -0.15) is 4.98 Å². The summed E-state index contributed by atoms with van der Waals surface area (Å²) in [4.78, 5) is 35.9. The first-order chi connectivity index (χ1) is 17.5. The third-order valence-corrected chi connectivity index (χ3v) is 6.49. The molecule has 0 atom stereocenters. The highest BCUT2D eigenvalue weighted by Gasteiger charge is 2.43. The number of nitrogens with one attached hydrogen (secondary N) is 1. The maximum atomic E-state index is 13.5. The van der Waals surface area contributed by atoms with Crippen molar-refractivity contribution in [3.8, 4) is 5.75 Å². The number of methoxy groups -OCH3 is 1. The highest BCUT2D eigenvalue weighted by atomic mass is 16.7. The summed E-state index contributed by atoms with van der Waals surface area (Å²) < 4.78 is 10.6. The van der Waals surface area contributed by atoms with Gasteiger partial charge in [-0.1, -0.05) is 28.9 Å². The van der Waals surface area contributed by atoms with E-state index in [9.17, 15) is 9.59 Å². The predicted octanol–water partition coefficient (Wildman–Crippen LogP) is 5.34. The standard InChI is InChI=1S/C28H28N3O5/c1-19-7-3-4-8-23(19)29-28-30-24-14-9-20(17-25(24)35-28)18-26(32)31(15-5-6-16-31)36-22-12-10-21(11-13-22)27(33)34-2/h3-4,7-14,17H,5-6,15-16,18H2,1-2H3,(H,29,30)/q+1. The van der Waals surface area contributed by atoms with Crippen molar-refractivity contribution in [2.24, 2.45) is 0 Å². The number of carbonyl (C=O) groups excluding carboxylic acids is 2. The Bertz CT molecular complexity index is 1400. The summed E-state index contributed by atoms with van der Waals surface area (Å²) in [5, 5.41) is 3.22. The fourth-order valence-electron chi connectivity index (χ4n) is 4.49. The van der Waals surface area contributed by atoms with E-state index in [0.29, 0.717) is 41.5 Å². The molecule has 184 valence electrons. The highest BCUT2D eigenvalue weighted by Crippen LogP contribution is 2.28. The van der Waals surface area contributed by atoms with Crippen LogP contribution in [0.15, 0.2) is 71.1 Å². The van der Waals surface area contributed by atoms with E-state index >= 15 is 0 Å². The van der Waals surface area contributed by atoms with Gasteiger partial charge < -0.3 is 19.3 Å². The Morgan fingerprint density at radius 2 is 1.78 bits per heavy atom. The lowest BCUT2D eigenvalue weighted by molar-refractivity contribution is -1.00. The van der Waals surface area contributed by atoms with Crippen molar-refractivity contribution in [1.82, 2.24) is 4.98 Å². The number of hydrogen-bond acceptors (Lipinski definition) is 7. The number of nitrogens with zero attached hydrogens (tertiary/aromatic N) is 2. The molecule has 1 fully saturated rings. The number of para-hydroxylation sites is 1. The molecule has 0 aliphatic carbocycles. The summed E-state index contributed by atoms with van der Waals surface area (Å²) in [6, 6.07) is 20.6. The number of ether oxygens (including phenoxy) is 1. The van der Waals surface area contributed by atoms with Crippen LogP contribution in [0.1, 0.15) is 34.3 Å². The largest absolute Gasteiger partial charge is 0.465 e. The average Bonchev–Trinajstić information content (AvgIpc) is 3.52. The summed E-state index contributed by atoms with van der Waals surface area (Å²) >= 11 is 0. The number of quaternary nitrogens is 1. The summed E-state index contributed by atoms with van der Waals surface area (Å²) in [5.41, 5.74) is 4.61. The molecule has 3 aromatic carbocycles. The molecule has 0 saturated carbocycles. The van der Waals surface area contributed by atoms with Gasteiger partial charge in [-0.3, -0.25) is 0 Å². The second kappa shape index (κ2) is 9.83. The average molecular weight is 487 g/mol. The van der Waals surface area contributed by atoms with Crippen molar-refractivity contribution < 1.29 is 28.2 Å². The Morgan fingerprint density at radius 1 is 1.03 bits per heavy atom. The SMILES string of the molecule is COC(=O)c1ccc(O[N+]2(C(=O)Cc3ccc4nc(Nc5ccccc5C)oc4c3)CCCC2)cc1. The van der Waals surface area contributed by atoms with Gasteiger partial charge in [-0.05, 0) is 60.5 Å². The molecule has 1 N–H and O–H groups in total. The quantitative estimate of drug-likeness (QED) is 0.278. The Labute approximate surface area is 209 Å². The first-order valence-corrected chi connectivity index (χ1v) is 12.0. The molecule has 8 nitrogen and oxygen atoms in total. The number of likely N-dealkylation sites (tertiary alicyclic amines) is 1. The first-order valence-electron chi connectivity index (χ1n) is 12.0. The number of hydrogen-bond donors (Lipinski definition) is 1. The molecule has 5 rings (SSSR count). The number of carbonyl (C=O) groups is 2. The Morgan fingerprint density at radius 3 is 2.50 bits per heavy atom. The minimum atomic E-state index is -0.414. The van der Waals surface area contributed by atoms with E-state index in [-0.39, 0.29) is 17.0 Å². The van der Waals surface area contributed by atoms with Gasteiger partial charge in [0.2, 0.25) is 0 Å². The van der Waals surface area contributed by atoms with E-state index in [2.05, 4.69) is 10.3 Å². The molecule has 0 radical (unpaired) electrons. The maximum absolute atomic E-state index is 13.5. The van der Waals surface area contributed by atoms with Crippen LogP contribution in [-0.2, 0) is 16.0 Å². The molecular formula is C28H28N3O5+. The zero-order valence-corrected chi connectivity index (χ0v) is 20.3. The van der Waals surface area contributed by atoms with Crippen LogP contribution in [0, 0.1) is 6.92 Å². The van der Waals surface area contributed by atoms with Crippen LogP contribution in [-0.4, -0.2) is 41.7 Å². The van der Waals surface area contributed by atoms with Crippen molar-refractivity contribution in [2.75, 3.05) is 25.5 Å². The molecule has 1 saturated heterocycles. The molecule has 1 aliphatic heterocycles. The number of amides is 1. The Hall–Kier alpha value is -4.17. The molecule has 1 aliphatic rings. The van der Waals surface area contributed by atoms with Crippen LogP contribution in [0.2, 0.25) is 0 Å². The van der Waals surface area contributed by atoms with Crippen LogP contribution in [0.3, 0.4) is 0 Å². The van der Waals surface area contributed by atoms with Crippen molar-refractivity contribution in [2.45, 2.75) is 26.2 Å². The molecular weight excluding hydrogens is 458 g/mol. The summed E-state index contributed by atoms with van der Waals surface area (Å²) in [6.45, 7) is 3.22. The van der Waals surface area contributed by atoms with Crippen molar-refractivity contribution >= 4 is 34.7 Å². The smallest absolute Gasteiger partial charge is 0.359 e. The van der Waals surface area contributed by atoms with Gasteiger partial charge in [0, 0.05) is 18.5 Å². The van der Waals surface area contributed by atoms with E-state index in [1.165, 1.54) is 7.11 Å². The van der Waals surface area contributed by atoms with E-state index in [1.807, 2.05) is 49.4 Å². The highest BCUT2D eigenvalue weighted by molar-refractivity contribution is 5.89. The molecule has 1 aromatic heterocycles. The fourth-order valence-corrected chi connectivity index (χ4v) is 4.49. The van der Waals surface area contributed by atoms with Crippen molar-refractivity contribution in [3.63, 3.8) is 0 Å². The molecule has 0 spiro atoms.